The zero-order chi connectivity index (χ0) is 25.2. The van der Waals surface area contributed by atoms with Crippen LogP contribution in [0.1, 0.15) is 54.7 Å². The molecule has 2 atom stereocenters. The van der Waals surface area contributed by atoms with Gasteiger partial charge in [0.05, 0.1) is 30.6 Å². The zero-order valence-electron chi connectivity index (χ0n) is 20.1. The molecule has 0 spiro atoms. The van der Waals surface area contributed by atoms with E-state index in [1.807, 2.05) is 51.1 Å². The van der Waals surface area contributed by atoms with Crippen LogP contribution in [0.25, 0.3) is 11.3 Å². The molecule has 0 N–H and O–H groups in total. The molecule has 0 radical (unpaired) electrons. The van der Waals surface area contributed by atoms with Crippen molar-refractivity contribution >= 4 is 11.9 Å². The minimum absolute atomic E-state index is 0.0621. The van der Waals surface area contributed by atoms with Crippen molar-refractivity contribution in [3.8, 4) is 17.0 Å². The number of hydrogen-bond acceptors (Lipinski definition) is 7. The van der Waals surface area contributed by atoms with Crippen molar-refractivity contribution in [1.29, 1.82) is 0 Å². The largest absolute Gasteiger partial charge is 0.496 e. The fourth-order valence-corrected chi connectivity index (χ4v) is 3.71. The summed E-state index contributed by atoms with van der Waals surface area (Å²) in [5.41, 5.74) is 1.34. The SMILES string of the molecule is COc1cc(F)c(-c2cnc([C@H]3C[C@@H]3C(=O)OC(C)(C)C)cn2)cc1C(=O)OCc1ccccc1. The second-order valence-electron chi connectivity index (χ2n) is 9.40. The molecule has 0 amide bonds. The van der Waals surface area contributed by atoms with E-state index >= 15 is 0 Å². The maximum Gasteiger partial charge on any atom is 0.342 e. The van der Waals surface area contributed by atoms with Gasteiger partial charge in [-0.3, -0.25) is 14.8 Å². The minimum atomic E-state index is -0.644. The minimum Gasteiger partial charge on any atom is -0.496 e. The van der Waals surface area contributed by atoms with E-state index in [9.17, 15) is 14.0 Å². The third kappa shape index (κ3) is 5.82. The summed E-state index contributed by atoms with van der Waals surface area (Å²) in [6, 6.07) is 11.7. The van der Waals surface area contributed by atoms with Crippen molar-refractivity contribution in [3.05, 3.63) is 77.5 Å². The molecule has 7 nitrogen and oxygen atoms in total. The van der Waals surface area contributed by atoms with Crippen LogP contribution in [0.3, 0.4) is 0 Å². The summed E-state index contributed by atoms with van der Waals surface area (Å²) in [6.07, 6.45) is 3.60. The lowest BCUT2D eigenvalue weighted by Gasteiger charge is -2.19. The van der Waals surface area contributed by atoms with Crippen LogP contribution < -0.4 is 4.74 Å². The normalized spacial score (nSPS) is 16.9. The highest BCUT2D eigenvalue weighted by atomic mass is 19.1. The first-order valence-electron chi connectivity index (χ1n) is 11.3. The van der Waals surface area contributed by atoms with Gasteiger partial charge in [0.15, 0.2) is 0 Å². The van der Waals surface area contributed by atoms with Gasteiger partial charge in [0.2, 0.25) is 0 Å². The fraction of sp³-hybridized carbons (Fsp3) is 0.333. The molecule has 1 aliphatic carbocycles. The second-order valence-corrected chi connectivity index (χ2v) is 9.40. The van der Waals surface area contributed by atoms with Crippen molar-refractivity contribution in [2.45, 2.75) is 45.3 Å². The van der Waals surface area contributed by atoms with E-state index in [4.69, 9.17) is 14.2 Å². The van der Waals surface area contributed by atoms with Crippen LogP contribution in [0.15, 0.2) is 54.9 Å². The zero-order valence-corrected chi connectivity index (χ0v) is 20.1. The first-order chi connectivity index (χ1) is 16.7. The van der Waals surface area contributed by atoms with Gasteiger partial charge in [-0.1, -0.05) is 30.3 Å². The second kappa shape index (κ2) is 9.82. The number of carbonyl (C=O) groups is 2. The topological polar surface area (TPSA) is 87.6 Å². The van der Waals surface area contributed by atoms with E-state index in [0.29, 0.717) is 12.1 Å². The molecule has 1 saturated carbocycles. The molecule has 4 rings (SSSR count). The van der Waals surface area contributed by atoms with Crippen LogP contribution >= 0.6 is 0 Å². The molecule has 0 bridgehead atoms. The molecular formula is C27H27FN2O5. The molecule has 8 heteroatoms. The Kier molecular flexibility index (Phi) is 6.82. The number of ether oxygens (including phenoxy) is 3. The van der Waals surface area contributed by atoms with Gasteiger partial charge in [0, 0.05) is 23.7 Å². The molecule has 1 heterocycles. The Morgan fingerprint density at radius 2 is 1.83 bits per heavy atom. The number of nitrogens with zero attached hydrogens (tertiary/aromatic N) is 2. The number of esters is 2. The lowest BCUT2D eigenvalue weighted by molar-refractivity contribution is -0.156. The van der Waals surface area contributed by atoms with E-state index in [1.54, 1.807) is 0 Å². The maximum absolute atomic E-state index is 14.9. The molecule has 1 aromatic heterocycles. The summed E-state index contributed by atoms with van der Waals surface area (Å²) in [7, 11) is 1.35. The summed E-state index contributed by atoms with van der Waals surface area (Å²) in [4.78, 5) is 33.7. The molecule has 182 valence electrons. The number of aromatic nitrogens is 2. The van der Waals surface area contributed by atoms with E-state index in [0.717, 1.165) is 11.6 Å². The molecule has 1 aliphatic rings. The number of methoxy groups -OCH3 is 1. The van der Waals surface area contributed by atoms with Crippen molar-refractivity contribution in [1.82, 2.24) is 9.97 Å². The predicted octanol–water partition coefficient (Wildman–Crippen LogP) is 5.09. The summed E-state index contributed by atoms with van der Waals surface area (Å²) in [5, 5.41) is 0. The highest BCUT2D eigenvalue weighted by Gasteiger charge is 2.47. The van der Waals surface area contributed by atoms with Gasteiger partial charge < -0.3 is 14.2 Å². The Morgan fingerprint density at radius 3 is 2.46 bits per heavy atom. The summed E-state index contributed by atoms with van der Waals surface area (Å²) in [5.74, 6) is -1.77. The number of hydrogen-bond donors (Lipinski definition) is 0. The smallest absolute Gasteiger partial charge is 0.342 e. The third-order valence-electron chi connectivity index (χ3n) is 5.55. The average Bonchev–Trinajstić information content (AvgIpc) is 3.63. The molecule has 2 aromatic carbocycles. The maximum atomic E-state index is 14.9. The van der Waals surface area contributed by atoms with E-state index in [-0.39, 0.29) is 47.0 Å². The third-order valence-corrected chi connectivity index (χ3v) is 5.55. The van der Waals surface area contributed by atoms with E-state index in [1.165, 1.54) is 25.6 Å². The summed E-state index contributed by atoms with van der Waals surface area (Å²) < 4.78 is 30.9. The number of halogens is 1. The Bertz CT molecular complexity index is 1220. The van der Waals surface area contributed by atoms with E-state index < -0.39 is 17.4 Å². The molecule has 35 heavy (non-hydrogen) atoms. The van der Waals surface area contributed by atoms with Crippen molar-refractivity contribution in [2.24, 2.45) is 5.92 Å². The number of benzene rings is 2. The van der Waals surface area contributed by atoms with Gasteiger partial charge in [-0.05, 0) is 38.8 Å². The van der Waals surface area contributed by atoms with Crippen LogP contribution in [-0.4, -0.2) is 34.6 Å². The van der Waals surface area contributed by atoms with E-state index in [2.05, 4.69) is 9.97 Å². The van der Waals surface area contributed by atoms with Gasteiger partial charge in [0.25, 0.3) is 0 Å². The molecular weight excluding hydrogens is 451 g/mol. The van der Waals surface area contributed by atoms with Gasteiger partial charge in [-0.15, -0.1) is 0 Å². The highest BCUT2D eigenvalue weighted by molar-refractivity contribution is 5.94. The molecule has 3 aromatic rings. The first kappa shape index (κ1) is 24.3. The van der Waals surface area contributed by atoms with Crippen LogP contribution in [0.2, 0.25) is 0 Å². The first-order valence-corrected chi connectivity index (χ1v) is 11.3. The highest BCUT2D eigenvalue weighted by Crippen LogP contribution is 2.47. The summed E-state index contributed by atoms with van der Waals surface area (Å²) >= 11 is 0. The van der Waals surface area contributed by atoms with Crippen LogP contribution in [0, 0.1) is 11.7 Å². The van der Waals surface area contributed by atoms with Gasteiger partial charge in [-0.25, -0.2) is 9.18 Å². The molecule has 0 aliphatic heterocycles. The monoisotopic (exact) mass is 478 g/mol. The molecule has 0 unspecified atom stereocenters. The lowest BCUT2D eigenvalue weighted by Crippen LogP contribution is -2.25. The van der Waals surface area contributed by atoms with Gasteiger partial charge in [0.1, 0.15) is 29.3 Å². The van der Waals surface area contributed by atoms with Crippen LogP contribution in [0.5, 0.6) is 5.75 Å². The standard InChI is InChI=1S/C27H27FN2O5/c1-27(2,3)35-26(32)18-10-17(18)22-13-30-23(14-29-22)19-11-20(24(33-4)12-21(19)28)25(31)34-15-16-8-6-5-7-9-16/h5-9,11-14,17-18H,10,15H2,1-4H3/t17-,18-/m0/s1. The lowest BCUT2D eigenvalue weighted by atomic mass is 10.1. The van der Waals surface area contributed by atoms with Crippen LogP contribution in [0.4, 0.5) is 4.39 Å². The fourth-order valence-electron chi connectivity index (χ4n) is 3.71. The van der Waals surface area contributed by atoms with Crippen LogP contribution in [-0.2, 0) is 20.9 Å². The molecule has 0 saturated heterocycles. The Balaban J connectivity index is 1.50. The summed E-state index contributed by atoms with van der Waals surface area (Å²) in [6.45, 7) is 5.55. The number of rotatable bonds is 7. The van der Waals surface area contributed by atoms with Gasteiger partial charge >= 0.3 is 11.9 Å². The van der Waals surface area contributed by atoms with Crippen molar-refractivity contribution in [2.75, 3.05) is 7.11 Å². The van der Waals surface area contributed by atoms with Gasteiger partial charge in [-0.2, -0.15) is 0 Å². The molecule has 1 fully saturated rings. The van der Waals surface area contributed by atoms with Crippen molar-refractivity contribution in [3.63, 3.8) is 0 Å². The number of carbonyl (C=O) groups excluding carboxylic acids is 2. The van der Waals surface area contributed by atoms with Crippen molar-refractivity contribution < 1.29 is 28.2 Å². The Labute approximate surface area is 203 Å². The quantitative estimate of drug-likeness (QED) is 0.437. The average molecular weight is 479 g/mol. The predicted molar refractivity (Wildman–Crippen MR) is 126 cm³/mol. The Hall–Kier alpha value is -3.81. The Morgan fingerprint density at radius 1 is 1.09 bits per heavy atom.